The molecular formula is C12H14O3. The Bertz CT molecular complexity index is 356. The number of hydrogen-bond acceptors (Lipinski definition) is 3. The summed E-state index contributed by atoms with van der Waals surface area (Å²) in [5.74, 6) is -0.644. The summed E-state index contributed by atoms with van der Waals surface area (Å²) >= 11 is 0. The third-order valence-electron chi connectivity index (χ3n) is 3.89. The second-order valence-electron chi connectivity index (χ2n) is 4.81. The van der Waals surface area contributed by atoms with Crippen molar-refractivity contribution in [2.24, 2.45) is 17.8 Å². The van der Waals surface area contributed by atoms with Crippen LogP contribution in [0.15, 0.2) is 11.6 Å². The molecule has 0 N–H and O–H groups in total. The van der Waals surface area contributed by atoms with Crippen molar-refractivity contribution in [2.45, 2.75) is 32.1 Å². The van der Waals surface area contributed by atoms with Crippen LogP contribution < -0.4 is 0 Å². The number of carbonyl (C=O) groups excluding carboxylic acids is 2. The fourth-order valence-electron chi connectivity index (χ4n) is 3.17. The van der Waals surface area contributed by atoms with Gasteiger partial charge in [-0.1, -0.05) is 18.1 Å². The molecule has 1 heterocycles. The first-order valence-corrected chi connectivity index (χ1v) is 5.71. The van der Waals surface area contributed by atoms with Crippen molar-refractivity contribution < 1.29 is 14.3 Å². The molecule has 0 amide bonds. The van der Waals surface area contributed by atoms with Crippen molar-refractivity contribution in [3.8, 4) is 0 Å². The Morgan fingerprint density at radius 2 is 2.07 bits per heavy atom. The van der Waals surface area contributed by atoms with Crippen LogP contribution in [0, 0.1) is 17.8 Å². The Kier molecular flexibility index (Phi) is 1.94. The van der Waals surface area contributed by atoms with Gasteiger partial charge in [-0.2, -0.15) is 0 Å². The van der Waals surface area contributed by atoms with E-state index in [9.17, 15) is 9.59 Å². The van der Waals surface area contributed by atoms with Crippen LogP contribution in [0.1, 0.15) is 32.1 Å². The molecule has 1 saturated heterocycles. The van der Waals surface area contributed by atoms with Gasteiger partial charge in [-0.25, -0.2) is 0 Å². The van der Waals surface area contributed by atoms with Gasteiger partial charge in [0.25, 0.3) is 0 Å². The minimum Gasteiger partial charge on any atom is -0.393 e. The zero-order chi connectivity index (χ0) is 10.4. The molecule has 0 spiro atoms. The second-order valence-corrected chi connectivity index (χ2v) is 4.81. The van der Waals surface area contributed by atoms with Gasteiger partial charge in [-0.15, -0.1) is 0 Å². The highest BCUT2D eigenvalue weighted by molar-refractivity contribution is 5.97. The molecule has 1 fully saturated rings. The molecule has 3 atom stereocenters. The average molecular weight is 206 g/mol. The lowest BCUT2D eigenvalue weighted by Crippen LogP contribution is -2.28. The van der Waals surface area contributed by atoms with Crippen molar-refractivity contribution >= 4 is 11.9 Å². The van der Waals surface area contributed by atoms with Gasteiger partial charge in [-0.05, 0) is 31.6 Å². The van der Waals surface area contributed by atoms with Crippen molar-refractivity contribution in [1.82, 2.24) is 0 Å². The summed E-state index contributed by atoms with van der Waals surface area (Å²) in [6.45, 7) is 0. The molecule has 15 heavy (non-hydrogen) atoms. The average Bonchev–Trinajstić information content (AvgIpc) is 2.40. The molecule has 0 radical (unpaired) electrons. The number of fused-ring (bicyclic) bond motifs is 3. The third-order valence-corrected chi connectivity index (χ3v) is 3.89. The molecule has 1 aliphatic heterocycles. The maximum atomic E-state index is 11.6. The summed E-state index contributed by atoms with van der Waals surface area (Å²) in [4.78, 5) is 23.1. The monoisotopic (exact) mass is 206 g/mol. The molecule has 2 aliphatic carbocycles. The maximum absolute atomic E-state index is 11.6. The molecule has 80 valence electrons. The number of hydrogen-bond donors (Lipinski definition) is 0. The van der Waals surface area contributed by atoms with Crippen LogP contribution >= 0.6 is 0 Å². The molecule has 0 aromatic carbocycles. The molecule has 0 saturated carbocycles. The van der Waals surface area contributed by atoms with Crippen LogP contribution in [0.5, 0.6) is 0 Å². The minimum absolute atomic E-state index is 0.166. The number of esters is 2. The van der Waals surface area contributed by atoms with Crippen molar-refractivity contribution in [1.29, 1.82) is 0 Å². The van der Waals surface area contributed by atoms with Gasteiger partial charge in [0, 0.05) is 0 Å². The standard InChI is InChI=1S/C12H14O3/c13-11-9-6-7-3-1-2-4-8(5-7)10(9)12(14)15-11/h5,8-10H,1-4,6H2. The molecule has 3 heteroatoms. The molecule has 3 aliphatic rings. The SMILES string of the molecule is O=C1OC(=O)C2C3C=C(CCCC3)CC12. The van der Waals surface area contributed by atoms with Gasteiger partial charge in [0.1, 0.15) is 0 Å². The van der Waals surface area contributed by atoms with Crippen LogP contribution in [0.4, 0.5) is 0 Å². The molecule has 3 nitrogen and oxygen atoms in total. The number of allylic oxidation sites excluding steroid dienone is 2. The van der Waals surface area contributed by atoms with Crippen molar-refractivity contribution in [2.75, 3.05) is 0 Å². The van der Waals surface area contributed by atoms with E-state index in [0.717, 1.165) is 25.7 Å². The fraction of sp³-hybridized carbons (Fsp3) is 0.667. The van der Waals surface area contributed by atoms with E-state index in [1.807, 2.05) is 0 Å². The van der Waals surface area contributed by atoms with E-state index < -0.39 is 0 Å². The molecule has 2 bridgehead atoms. The van der Waals surface area contributed by atoms with E-state index in [2.05, 4.69) is 6.08 Å². The lowest BCUT2D eigenvalue weighted by atomic mass is 9.74. The first kappa shape index (κ1) is 9.13. The minimum atomic E-state index is -0.289. The highest BCUT2D eigenvalue weighted by atomic mass is 16.6. The van der Waals surface area contributed by atoms with Crippen LogP contribution in [0.25, 0.3) is 0 Å². The predicted octanol–water partition coefficient (Wildman–Crippen LogP) is 1.82. The zero-order valence-electron chi connectivity index (χ0n) is 8.57. The maximum Gasteiger partial charge on any atom is 0.318 e. The lowest BCUT2D eigenvalue weighted by molar-refractivity contribution is -0.154. The Labute approximate surface area is 88.5 Å². The highest BCUT2D eigenvalue weighted by Gasteiger charge is 2.49. The normalized spacial score (nSPS) is 39.2. The zero-order valence-corrected chi connectivity index (χ0v) is 8.57. The van der Waals surface area contributed by atoms with Gasteiger partial charge >= 0.3 is 11.9 Å². The van der Waals surface area contributed by atoms with E-state index in [-0.39, 0.29) is 29.7 Å². The van der Waals surface area contributed by atoms with Crippen LogP contribution in [-0.2, 0) is 14.3 Å². The van der Waals surface area contributed by atoms with Crippen molar-refractivity contribution in [3.05, 3.63) is 11.6 Å². The summed E-state index contributed by atoms with van der Waals surface area (Å²) < 4.78 is 4.75. The van der Waals surface area contributed by atoms with Crippen molar-refractivity contribution in [3.63, 3.8) is 0 Å². The third kappa shape index (κ3) is 1.33. The Morgan fingerprint density at radius 1 is 1.20 bits per heavy atom. The second kappa shape index (κ2) is 3.19. The number of ether oxygens (including phenoxy) is 1. The van der Waals surface area contributed by atoms with Gasteiger partial charge in [-0.3, -0.25) is 9.59 Å². The van der Waals surface area contributed by atoms with E-state index in [1.165, 1.54) is 12.0 Å². The van der Waals surface area contributed by atoms with Crippen LogP contribution in [0.2, 0.25) is 0 Å². The Balaban J connectivity index is 1.97. The van der Waals surface area contributed by atoms with Gasteiger partial charge in [0.2, 0.25) is 0 Å². The quantitative estimate of drug-likeness (QED) is 0.345. The number of cyclic esters (lactones) is 2. The Morgan fingerprint density at radius 3 is 2.93 bits per heavy atom. The van der Waals surface area contributed by atoms with E-state index >= 15 is 0 Å². The van der Waals surface area contributed by atoms with E-state index in [0.29, 0.717) is 0 Å². The van der Waals surface area contributed by atoms with Gasteiger partial charge < -0.3 is 4.74 Å². The first-order chi connectivity index (χ1) is 7.25. The summed E-state index contributed by atoms with van der Waals surface area (Å²) in [5.41, 5.74) is 1.37. The molecular weight excluding hydrogens is 192 g/mol. The van der Waals surface area contributed by atoms with E-state index in [1.54, 1.807) is 0 Å². The molecule has 3 unspecified atom stereocenters. The molecule has 3 rings (SSSR count). The number of rotatable bonds is 0. The van der Waals surface area contributed by atoms with Gasteiger partial charge in [0.15, 0.2) is 0 Å². The largest absolute Gasteiger partial charge is 0.393 e. The smallest absolute Gasteiger partial charge is 0.318 e. The summed E-state index contributed by atoms with van der Waals surface area (Å²) in [5, 5.41) is 0. The predicted molar refractivity (Wildman–Crippen MR) is 52.7 cm³/mol. The highest BCUT2D eigenvalue weighted by Crippen LogP contribution is 2.44. The van der Waals surface area contributed by atoms with Crippen LogP contribution in [-0.4, -0.2) is 11.9 Å². The lowest BCUT2D eigenvalue weighted by Gasteiger charge is -2.26. The fourth-order valence-corrected chi connectivity index (χ4v) is 3.17. The number of carbonyl (C=O) groups is 2. The first-order valence-electron chi connectivity index (χ1n) is 5.71. The topological polar surface area (TPSA) is 43.4 Å². The Hall–Kier alpha value is -1.12. The van der Waals surface area contributed by atoms with Crippen LogP contribution in [0.3, 0.4) is 0 Å². The summed E-state index contributed by atoms with van der Waals surface area (Å²) in [6, 6.07) is 0. The molecule has 0 aromatic rings. The molecule has 0 aromatic heterocycles. The summed E-state index contributed by atoms with van der Waals surface area (Å²) in [6.07, 6.45) is 7.48. The summed E-state index contributed by atoms with van der Waals surface area (Å²) in [7, 11) is 0. The van der Waals surface area contributed by atoms with E-state index in [4.69, 9.17) is 4.74 Å². The van der Waals surface area contributed by atoms with Gasteiger partial charge in [0.05, 0.1) is 11.8 Å².